The Bertz CT molecular complexity index is 424. The van der Waals surface area contributed by atoms with Gasteiger partial charge in [-0.25, -0.2) is 0 Å². The Labute approximate surface area is 110 Å². The molecule has 18 heavy (non-hydrogen) atoms. The van der Waals surface area contributed by atoms with Crippen LogP contribution in [0.5, 0.6) is 0 Å². The van der Waals surface area contributed by atoms with Crippen LogP contribution >= 0.6 is 0 Å². The molecule has 1 saturated carbocycles. The Morgan fingerprint density at radius 1 is 1.11 bits per heavy atom. The van der Waals surface area contributed by atoms with Crippen LogP contribution in [0.25, 0.3) is 0 Å². The van der Waals surface area contributed by atoms with E-state index in [0.717, 1.165) is 11.5 Å². The van der Waals surface area contributed by atoms with E-state index in [9.17, 15) is 5.11 Å². The fraction of sp³-hybridized carbons (Fsp3) is 0.647. The molecule has 0 aromatic heterocycles. The van der Waals surface area contributed by atoms with Crippen LogP contribution in [0.2, 0.25) is 0 Å². The summed E-state index contributed by atoms with van der Waals surface area (Å²) in [7, 11) is 0. The molecule has 0 bridgehead atoms. The Morgan fingerprint density at radius 3 is 2.78 bits per heavy atom. The van der Waals surface area contributed by atoms with Gasteiger partial charge in [0.15, 0.2) is 0 Å². The minimum atomic E-state index is -0.237. The van der Waals surface area contributed by atoms with E-state index >= 15 is 0 Å². The number of rotatable bonds is 2. The summed E-state index contributed by atoms with van der Waals surface area (Å²) in [5, 5.41) is 10.6. The van der Waals surface area contributed by atoms with E-state index in [1.54, 1.807) is 0 Å². The minimum absolute atomic E-state index is 0.237. The first-order valence-corrected chi connectivity index (χ1v) is 7.54. The molecular formula is C17H24O. The maximum Gasteiger partial charge on any atom is 0.0818 e. The lowest BCUT2D eigenvalue weighted by atomic mass is 9.77. The molecule has 1 aromatic carbocycles. The number of aryl methyl sites for hydroxylation is 2. The molecular weight excluding hydrogens is 220 g/mol. The van der Waals surface area contributed by atoms with Crippen LogP contribution in [0.15, 0.2) is 18.2 Å². The summed E-state index contributed by atoms with van der Waals surface area (Å²) in [6.07, 6.45) is 8.50. The fourth-order valence-electron chi connectivity index (χ4n) is 3.82. The highest BCUT2D eigenvalue weighted by Crippen LogP contribution is 2.38. The first kappa shape index (κ1) is 12.2. The second-order valence-electron chi connectivity index (χ2n) is 6.36. The van der Waals surface area contributed by atoms with Crippen LogP contribution in [0.3, 0.4) is 0 Å². The Morgan fingerprint density at radius 2 is 1.94 bits per heavy atom. The van der Waals surface area contributed by atoms with Gasteiger partial charge in [0.1, 0.15) is 0 Å². The summed E-state index contributed by atoms with van der Waals surface area (Å²) in [6.45, 7) is 2.32. The van der Waals surface area contributed by atoms with Crippen LogP contribution in [-0.4, -0.2) is 5.11 Å². The Balaban J connectivity index is 1.77. The van der Waals surface area contributed by atoms with Crippen molar-refractivity contribution in [3.05, 3.63) is 34.9 Å². The smallest absolute Gasteiger partial charge is 0.0818 e. The third kappa shape index (κ3) is 2.33. The lowest BCUT2D eigenvalue weighted by Gasteiger charge is -2.30. The monoisotopic (exact) mass is 244 g/mol. The van der Waals surface area contributed by atoms with Gasteiger partial charge in [-0.3, -0.25) is 0 Å². The maximum atomic E-state index is 10.6. The van der Waals surface area contributed by atoms with E-state index in [0.29, 0.717) is 5.92 Å². The van der Waals surface area contributed by atoms with Crippen molar-refractivity contribution in [3.63, 3.8) is 0 Å². The van der Waals surface area contributed by atoms with E-state index in [4.69, 9.17) is 0 Å². The summed E-state index contributed by atoms with van der Waals surface area (Å²) in [5.41, 5.74) is 4.15. The predicted octanol–water partition coefficient (Wildman–Crippen LogP) is 4.04. The molecule has 3 unspecified atom stereocenters. The molecule has 1 nitrogen and oxygen atoms in total. The molecule has 2 aliphatic carbocycles. The second-order valence-corrected chi connectivity index (χ2v) is 6.36. The van der Waals surface area contributed by atoms with Crippen LogP contribution in [0.1, 0.15) is 61.8 Å². The van der Waals surface area contributed by atoms with Gasteiger partial charge in [-0.2, -0.15) is 0 Å². The van der Waals surface area contributed by atoms with Crippen molar-refractivity contribution >= 4 is 0 Å². The average Bonchev–Trinajstić information content (AvgIpc) is 2.85. The van der Waals surface area contributed by atoms with E-state index in [1.165, 1.54) is 56.1 Å². The van der Waals surface area contributed by atoms with Gasteiger partial charge in [0.25, 0.3) is 0 Å². The van der Waals surface area contributed by atoms with Gasteiger partial charge >= 0.3 is 0 Å². The van der Waals surface area contributed by atoms with Crippen molar-refractivity contribution in [3.8, 4) is 0 Å². The Kier molecular flexibility index (Phi) is 3.43. The van der Waals surface area contributed by atoms with Gasteiger partial charge in [-0.05, 0) is 60.6 Å². The molecule has 3 rings (SSSR count). The molecule has 0 amide bonds. The molecule has 1 heteroatoms. The summed E-state index contributed by atoms with van der Waals surface area (Å²) in [6, 6.07) is 6.67. The quantitative estimate of drug-likeness (QED) is 0.832. The summed E-state index contributed by atoms with van der Waals surface area (Å²) < 4.78 is 0. The highest BCUT2D eigenvalue weighted by molar-refractivity contribution is 5.36. The van der Waals surface area contributed by atoms with Crippen LogP contribution in [-0.2, 0) is 12.8 Å². The Hall–Kier alpha value is -0.820. The molecule has 1 aromatic rings. The normalized spacial score (nSPS) is 29.0. The summed E-state index contributed by atoms with van der Waals surface area (Å²) >= 11 is 0. The lowest BCUT2D eigenvalue weighted by Crippen LogP contribution is -2.20. The first-order chi connectivity index (χ1) is 8.74. The van der Waals surface area contributed by atoms with Crippen LogP contribution in [0.4, 0.5) is 0 Å². The van der Waals surface area contributed by atoms with Gasteiger partial charge in [0, 0.05) is 0 Å². The van der Waals surface area contributed by atoms with Crippen molar-refractivity contribution in [1.29, 1.82) is 0 Å². The van der Waals surface area contributed by atoms with Gasteiger partial charge in [0.2, 0.25) is 0 Å². The minimum Gasteiger partial charge on any atom is -0.388 e. The number of aliphatic hydroxyl groups excluding tert-OH is 1. The molecule has 98 valence electrons. The zero-order valence-electron chi connectivity index (χ0n) is 11.4. The molecule has 0 radical (unpaired) electrons. The second kappa shape index (κ2) is 5.05. The van der Waals surface area contributed by atoms with Gasteiger partial charge in [-0.15, -0.1) is 0 Å². The highest BCUT2D eigenvalue weighted by Gasteiger charge is 2.27. The summed E-state index contributed by atoms with van der Waals surface area (Å²) in [5.74, 6) is 1.26. The fourth-order valence-corrected chi connectivity index (χ4v) is 3.82. The molecule has 1 fully saturated rings. The number of hydrogen-bond acceptors (Lipinski definition) is 1. The number of fused-ring (bicyclic) bond motifs is 1. The molecule has 0 saturated heterocycles. The maximum absolute atomic E-state index is 10.6. The van der Waals surface area contributed by atoms with Crippen molar-refractivity contribution < 1.29 is 5.11 Å². The van der Waals surface area contributed by atoms with Gasteiger partial charge < -0.3 is 5.11 Å². The third-order valence-electron chi connectivity index (χ3n) is 4.89. The third-order valence-corrected chi connectivity index (χ3v) is 4.89. The molecule has 0 aliphatic heterocycles. The number of aliphatic hydroxyl groups is 1. The van der Waals surface area contributed by atoms with Crippen LogP contribution < -0.4 is 0 Å². The SMILES string of the molecule is CC1CCCC(C(O)c2ccc3c(c2)CCC3)C1. The number of benzene rings is 1. The highest BCUT2D eigenvalue weighted by atomic mass is 16.3. The van der Waals surface area contributed by atoms with Gasteiger partial charge in [-0.1, -0.05) is 38.0 Å². The van der Waals surface area contributed by atoms with E-state index in [-0.39, 0.29) is 6.10 Å². The molecule has 3 atom stereocenters. The molecule has 0 heterocycles. The zero-order valence-corrected chi connectivity index (χ0v) is 11.4. The average molecular weight is 244 g/mol. The van der Waals surface area contributed by atoms with Crippen molar-refractivity contribution in [2.45, 2.75) is 58.0 Å². The van der Waals surface area contributed by atoms with E-state index < -0.39 is 0 Å². The molecule has 0 spiro atoms. The molecule has 1 N–H and O–H groups in total. The van der Waals surface area contributed by atoms with Gasteiger partial charge in [0.05, 0.1) is 6.10 Å². The van der Waals surface area contributed by atoms with Crippen molar-refractivity contribution in [1.82, 2.24) is 0 Å². The lowest BCUT2D eigenvalue weighted by molar-refractivity contribution is 0.0713. The van der Waals surface area contributed by atoms with E-state index in [1.807, 2.05) is 0 Å². The summed E-state index contributed by atoms with van der Waals surface area (Å²) in [4.78, 5) is 0. The first-order valence-electron chi connectivity index (χ1n) is 7.54. The van der Waals surface area contributed by atoms with E-state index in [2.05, 4.69) is 25.1 Å². The predicted molar refractivity (Wildman–Crippen MR) is 74.5 cm³/mol. The molecule has 2 aliphatic rings. The topological polar surface area (TPSA) is 20.2 Å². The largest absolute Gasteiger partial charge is 0.388 e. The van der Waals surface area contributed by atoms with Crippen molar-refractivity contribution in [2.75, 3.05) is 0 Å². The van der Waals surface area contributed by atoms with Crippen molar-refractivity contribution in [2.24, 2.45) is 11.8 Å². The zero-order chi connectivity index (χ0) is 12.5. The van der Waals surface area contributed by atoms with Crippen LogP contribution in [0, 0.1) is 11.8 Å². The standard InChI is InChI=1S/C17H24O/c1-12-4-2-7-15(10-12)17(18)16-9-8-13-5-3-6-14(13)11-16/h8-9,11-12,15,17-18H,2-7,10H2,1H3. The number of hydrogen-bond donors (Lipinski definition) is 1.